The third-order valence-corrected chi connectivity index (χ3v) is 3.73. The molecule has 2 unspecified atom stereocenters. The number of nitrogens with two attached hydrogens (primary N) is 1. The predicted octanol–water partition coefficient (Wildman–Crippen LogP) is -0.397. The fraction of sp³-hybridized carbons (Fsp3) is 0.818. The van der Waals surface area contributed by atoms with Crippen molar-refractivity contribution < 1.29 is 9.59 Å². The van der Waals surface area contributed by atoms with Crippen LogP contribution < -0.4 is 11.1 Å². The highest BCUT2D eigenvalue weighted by Crippen LogP contribution is 2.35. The molecule has 5 nitrogen and oxygen atoms in total. The van der Waals surface area contributed by atoms with Crippen LogP contribution in [0.4, 0.5) is 0 Å². The van der Waals surface area contributed by atoms with Crippen molar-refractivity contribution in [2.75, 3.05) is 6.54 Å². The number of β-lactam (4-membered cyclic amide) rings is 1. The van der Waals surface area contributed by atoms with Crippen molar-refractivity contribution >= 4 is 11.8 Å². The highest BCUT2D eigenvalue weighted by Gasteiger charge is 2.57. The molecular weight excluding hydrogens is 206 g/mol. The molecular formula is C11H19N3O2. The number of amides is 2. The van der Waals surface area contributed by atoms with E-state index in [0.29, 0.717) is 19.0 Å². The van der Waals surface area contributed by atoms with Crippen molar-refractivity contribution in [3.05, 3.63) is 0 Å². The molecule has 0 bridgehead atoms. The van der Waals surface area contributed by atoms with E-state index in [1.807, 2.05) is 6.92 Å². The third-order valence-electron chi connectivity index (χ3n) is 3.73. The second-order valence-electron chi connectivity index (χ2n) is 4.93. The van der Waals surface area contributed by atoms with Gasteiger partial charge in [0.05, 0.1) is 0 Å². The number of likely N-dealkylation sites (tertiary alicyclic amines) is 1. The summed E-state index contributed by atoms with van der Waals surface area (Å²) in [7, 11) is 0. The molecule has 2 aliphatic rings. The molecule has 16 heavy (non-hydrogen) atoms. The molecule has 2 aliphatic heterocycles. The molecule has 0 radical (unpaired) electrons. The summed E-state index contributed by atoms with van der Waals surface area (Å²) < 4.78 is 0. The quantitative estimate of drug-likeness (QED) is 0.642. The Bertz CT molecular complexity index is 331. The van der Waals surface area contributed by atoms with Crippen molar-refractivity contribution in [2.24, 2.45) is 5.73 Å². The first-order valence-corrected chi connectivity index (χ1v) is 5.88. The number of nitrogens with zero attached hydrogens (tertiary/aromatic N) is 1. The number of nitrogens with one attached hydrogen (secondary N) is 1. The summed E-state index contributed by atoms with van der Waals surface area (Å²) in [5.41, 5.74) is 4.89. The Balaban J connectivity index is 2.04. The predicted molar refractivity (Wildman–Crippen MR) is 59.5 cm³/mol. The minimum atomic E-state index is -0.434. The maximum Gasteiger partial charge on any atom is 0.245 e. The molecule has 0 saturated carbocycles. The molecule has 2 rings (SSSR count). The van der Waals surface area contributed by atoms with Crippen molar-refractivity contribution in [1.82, 2.24) is 10.2 Å². The summed E-state index contributed by atoms with van der Waals surface area (Å²) in [5, 5.41) is 3.32. The molecule has 3 N–H and O–H groups in total. The van der Waals surface area contributed by atoms with Gasteiger partial charge in [-0.15, -0.1) is 0 Å². The van der Waals surface area contributed by atoms with E-state index in [4.69, 9.17) is 5.73 Å². The van der Waals surface area contributed by atoms with Crippen LogP contribution in [0.3, 0.4) is 0 Å². The first kappa shape index (κ1) is 11.4. The van der Waals surface area contributed by atoms with Gasteiger partial charge in [-0.25, -0.2) is 0 Å². The van der Waals surface area contributed by atoms with Crippen LogP contribution in [0.25, 0.3) is 0 Å². The molecule has 1 spiro atoms. The lowest BCUT2D eigenvalue weighted by molar-refractivity contribution is -0.159. The Morgan fingerprint density at radius 1 is 1.75 bits per heavy atom. The second-order valence-corrected chi connectivity index (χ2v) is 4.93. The molecule has 0 aromatic rings. The van der Waals surface area contributed by atoms with E-state index in [-0.39, 0.29) is 11.4 Å². The number of primary amides is 1. The number of carbonyl (C=O) groups is 2. The number of carbonyl (C=O) groups excluding carboxylic acids is 2. The van der Waals surface area contributed by atoms with Crippen molar-refractivity contribution in [3.63, 3.8) is 0 Å². The number of rotatable bonds is 3. The highest BCUT2D eigenvalue weighted by molar-refractivity contribution is 5.97. The second kappa shape index (κ2) is 3.73. The van der Waals surface area contributed by atoms with E-state index in [9.17, 15) is 9.59 Å². The van der Waals surface area contributed by atoms with Gasteiger partial charge in [0.25, 0.3) is 0 Å². The molecule has 90 valence electrons. The lowest BCUT2D eigenvalue weighted by atomic mass is 9.85. The monoisotopic (exact) mass is 225 g/mol. The van der Waals surface area contributed by atoms with Crippen LogP contribution in [-0.2, 0) is 9.59 Å². The molecule has 2 amide bonds. The lowest BCUT2D eigenvalue weighted by Gasteiger charge is -2.49. The maximum atomic E-state index is 12.1. The maximum absolute atomic E-state index is 12.1. The third kappa shape index (κ3) is 1.50. The van der Waals surface area contributed by atoms with Crippen molar-refractivity contribution in [3.8, 4) is 0 Å². The fourth-order valence-electron chi connectivity index (χ4n) is 2.81. The molecule has 2 saturated heterocycles. The first-order chi connectivity index (χ1) is 7.50. The highest BCUT2D eigenvalue weighted by atomic mass is 16.2. The van der Waals surface area contributed by atoms with Crippen LogP contribution in [0.15, 0.2) is 0 Å². The van der Waals surface area contributed by atoms with Gasteiger partial charge in [0.15, 0.2) is 0 Å². The normalized spacial score (nSPS) is 35.2. The van der Waals surface area contributed by atoms with Gasteiger partial charge in [0, 0.05) is 12.6 Å². The molecule has 3 atom stereocenters. The van der Waals surface area contributed by atoms with Crippen LogP contribution in [0.5, 0.6) is 0 Å². The Labute approximate surface area is 95.3 Å². The van der Waals surface area contributed by atoms with Gasteiger partial charge in [-0.2, -0.15) is 0 Å². The molecule has 2 fully saturated rings. The minimum absolute atomic E-state index is 0.0440. The topological polar surface area (TPSA) is 75.4 Å². The van der Waals surface area contributed by atoms with Crippen LogP contribution in [0, 0.1) is 0 Å². The molecule has 0 aromatic heterocycles. The first-order valence-electron chi connectivity index (χ1n) is 5.88. The van der Waals surface area contributed by atoms with Crippen LogP contribution in [0.1, 0.15) is 33.1 Å². The standard InChI is InChI=1S/C11H19N3O2/c1-3-8(9(12)15)14-6-11(10(14)16)5-4-7(2)13-11/h7-8,13H,3-6H2,1-2H3,(H2,12,15)/t7?,8-,11?/m0/s1. The SMILES string of the molecule is CC[C@@H](C(N)=O)N1CC2(CCC(C)N2)C1=O. The van der Waals surface area contributed by atoms with Gasteiger partial charge in [0.2, 0.25) is 11.8 Å². The van der Waals surface area contributed by atoms with Crippen LogP contribution in [0.2, 0.25) is 0 Å². The van der Waals surface area contributed by atoms with Crippen molar-refractivity contribution in [1.29, 1.82) is 0 Å². The molecule has 2 heterocycles. The summed E-state index contributed by atoms with van der Waals surface area (Å²) in [4.78, 5) is 24.9. The molecule has 0 aromatic carbocycles. The zero-order valence-electron chi connectivity index (χ0n) is 9.82. The van der Waals surface area contributed by atoms with Gasteiger partial charge in [-0.05, 0) is 26.2 Å². The summed E-state index contributed by atoms with van der Waals surface area (Å²) in [5.74, 6) is -0.362. The van der Waals surface area contributed by atoms with Gasteiger partial charge in [-0.1, -0.05) is 6.92 Å². The Morgan fingerprint density at radius 3 is 2.81 bits per heavy atom. The van der Waals surface area contributed by atoms with Gasteiger partial charge in [-0.3, -0.25) is 14.9 Å². The number of hydrogen-bond acceptors (Lipinski definition) is 3. The van der Waals surface area contributed by atoms with E-state index >= 15 is 0 Å². The number of hydrogen-bond donors (Lipinski definition) is 2. The Hall–Kier alpha value is -1.10. The average molecular weight is 225 g/mol. The van der Waals surface area contributed by atoms with E-state index in [1.165, 1.54) is 0 Å². The zero-order chi connectivity index (χ0) is 11.9. The van der Waals surface area contributed by atoms with Gasteiger partial charge < -0.3 is 10.6 Å². The van der Waals surface area contributed by atoms with Gasteiger partial charge >= 0.3 is 0 Å². The average Bonchev–Trinajstić information content (AvgIpc) is 2.62. The lowest BCUT2D eigenvalue weighted by Crippen LogP contribution is -2.74. The van der Waals surface area contributed by atoms with Crippen LogP contribution >= 0.6 is 0 Å². The summed E-state index contributed by atoms with van der Waals surface area (Å²) >= 11 is 0. The Morgan fingerprint density at radius 2 is 2.44 bits per heavy atom. The molecule has 0 aliphatic carbocycles. The van der Waals surface area contributed by atoms with E-state index in [2.05, 4.69) is 12.2 Å². The van der Waals surface area contributed by atoms with E-state index in [1.54, 1.807) is 4.90 Å². The minimum Gasteiger partial charge on any atom is -0.368 e. The summed E-state index contributed by atoms with van der Waals surface area (Å²) in [6.45, 7) is 4.58. The van der Waals surface area contributed by atoms with Gasteiger partial charge in [0.1, 0.15) is 11.6 Å². The fourth-order valence-corrected chi connectivity index (χ4v) is 2.81. The summed E-state index contributed by atoms with van der Waals surface area (Å²) in [6, 6.07) is -0.0458. The smallest absolute Gasteiger partial charge is 0.245 e. The van der Waals surface area contributed by atoms with Crippen molar-refractivity contribution in [2.45, 2.75) is 50.7 Å². The largest absolute Gasteiger partial charge is 0.368 e. The van der Waals surface area contributed by atoms with Crippen LogP contribution in [-0.4, -0.2) is 40.9 Å². The van der Waals surface area contributed by atoms with E-state index < -0.39 is 11.9 Å². The molecule has 5 heteroatoms. The van der Waals surface area contributed by atoms with E-state index in [0.717, 1.165) is 12.8 Å². The summed E-state index contributed by atoms with van der Waals surface area (Å²) in [6.07, 6.45) is 2.48. The zero-order valence-corrected chi connectivity index (χ0v) is 9.82. The Kier molecular flexibility index (Phi) is 2.66.